The molecule has 4 rings (SSSR count). The number of pyridine rings is 1. The van der Waals surface area contributed by atoms with Crippen molar-refractivity contribution in [2.24, 2.45) is 10.9 Å². The Labute approximate surface area is 169 Å². The molecule has 3 N–H and O–H groups in total. The first-order valence-electron chi connectivity index (χ1n) is 8.97. The van der Waals surface area contributed by atoms with Crippen LogP contribution in [-0.2, 0) is 13.1 Å². The zero-order valence-corrected chi connectivity index (χ0v) is 15.6. The Balaban J connectivity index is 1.60. The van der Waals surface area contributed by atoms with Crippen molar-refractivity contribution < 1.29 is 14.0 Å². The van der Waals surface area contributed by atoms with Crippen LogP contribution in [0.1, 0.15) is 16.1 Å². The number of primary amides is 1. The lowest BCUT2D eigenvalue weighted by Crippen LogP contribution is -2.41. The van der Waals surface area contributed by atoms with Gasteiger partial charge in [0.25, 0.3) is 5.91 Å². The van der Waals surface area contributed by atoms with Gasteiger partial charge in [-0.05, 0) is 29.4 Å². The molecule has 2 aromatic heterocycles. The third-order valence-electron chi connectivity index (χ3n) is 4.70. The van der Waals surface area contributed by atoms with Crippen molar-refractivity contribution in [2.75, 3.05) is 11.9 Å². The van der Waals surface area contributed by atoms with Crippen LogP contribution in [0.25, 0.3) is 11.3 Å². The van der Waals surface area contributed by atoms with E-state index in [-0.39, 0.29) is 23.6 Å². The average Bonchev–Trinajstić information content (AvgIpc) is 3.13. The van der Waals surface area contributed by atoms with Crippen molar-refractivity contribution in [3.05, 3.63) is 64.6 Å². The summed E-state index contributed by atoms with van der Waals surface area (Å²) in [7, 11) is 0. The van der Waals surface area contributed by atoms with E-state index in [1.165, 1.54) is 41.4 Å². The van der Waals surface area contributed by atoms with Crippen LogP contribution < -0.4 is 11.1 Å². The normalized spacial score (nSPS) is 12.9. The molecular formula is C19H16FN7O3. The number of aromatic nitrogens is 3. The zero-order valence-electron chi connectivity index (χ0n) is 15.6. The van der Waals surface area contributed by atoms with Gasteiger partial charge in [-0.25, -0.2) is 14.2 Å². The molecule has 0 spiro atoms. The molecule has 0 unspecified atom stereocenters. The van der Waals surface area contributed by atoms with E-state index in [1.54, 1.807) is 10.7 Å². The van der Waals surface area contributed by atoms with E-state index in [0.29, 0.717) is 30.0 Å². The number of nitrogens with two attached hydrogens (primary N) is 1. The number of fused-ring (bicyclic) bond motifs is 1. The molecule has 0 saturated carbocycles. The van der Waals surface area contributed by atoms with Crippen molar-refractivity contribution in [3.63, 3.8) is 0 Å². The average molecular weight is 409 g/mol. The molecule has 10 nitrogen and oxygen atoms in total. The molecule has 3 aromatic rings. The number of carbonyl (C=O) groups is 2. The summed E-state index contributed by atoms with van der Waals surface area (Å²) in [5, 5.41) is 9.80. The third-order valence-corrected chi connectivity index (χ3v) is 4.70. The van der Waals surface area contributed by atoms with E-state index in [1.807, 2.05) is 0 Å². The molecule has 0 radical (unpaired) electrons. The van der Waals surface area contributed by atoms with Crippen molar-refractivity contribution in [3.8, 4) is 11.3 Å². The van der Waals surface area contributed by atoms with Gasteiger partial charge in [0.2, 0.25) is 0 Å². The summed E-state index contributed by atoms with van der Waals surface area (Å²) in [5.74, 6) is -1.16. The van der Waals surface area contributed by atoms with Gasteiger partial charge in [0.15, 0.2) is 5.82 Å². The highest BCUT2D eigenvalue weighted by atomic mass is 19.1. The summed E-state index contributed by atoms with van der Waals surface area (Å²) in [6, 6.07) is 8.19. The zero-order chi connectivity index (χ0) is 21.3. The maximum Gasteiger partial charge on any atom is 0.322 e. The summed E-state index contributed by atoms with van der Waals surface area (Å²) in [4.78, 5) is 40.5. The molecule has 0 aliphatic carbocycles. The molecule has 1 aromatic carbocycles. The number of carbonyl (C=O) groups excluding carboxylic acids is 2. The topological polar surface area (TPSA) is 136 Å². The minimum atomic E-state index is -0.709. The van der Waals surface area contributed by atoms with Crippen LogP contribution in [0.15, 0.2) is 47.8 Å². The summed E-state index contributed by atoms with van der Waals surface area (Å²) in [6.45, 7) is 0.765. The molecule has 0 fully saturated rings. The van der Waals surface area contributed by atoms with Crippen LogP contribution in [0.3, 0.4) is 0 Å². The Hall–Kier alpha value is -4.15. The van der Waals surface area contributed by atoms with Crippen LogP contribution in [0.2, 0.25) is 0 Å². The van der Waals surface area contributed by atoms with Crippen LogP contribution in [0.5, 0.6) is 0 Å². The number of anilines is 1. The van der Waals surface area contributed by atoms with Crippen molar-refractivity contribution >= 4 is 23.4 Å². The minimum absolute atomic E-state index is 0.00542. The Morgan fingerprint density at radius 3 is 2.70 bits per heavy atom. The minimum Gasteiger partial charge on any atom is -0.365 e. The van der Waals surface area contributed by atoms with Crippen molar-refractivity contribution in [1.29, 1.82) is 0 Å². The molecule has 1 aliphatic heterocycles. The SMILES string of the molecule is NC(=O)c1c(-c2cccc(F)c2)nn2c1CN(C(=O)Nc1ccc(N=O)nc1)CC2. The number of hydrogen-bond acceptors (Lipinski definition) is 6. The predicted molar refractivity (Wildman–Crippen MR) is 105 cm³/mol. The van der Waals surface area contributed by atoms with Gasteiger partial charge in [-0.15, -0.1) is 4.91 Å². The number of nitrogens with one attached hydrogen (secondary N) is 1. The first kappa shape index (κ1) is 19.2. The van der Waals surface area contributed by atoms with E-state index in [9.17, 15) is 18.9 Å². The van der Waals surface area contributed by atoms with Crippen molar-refractivity contribution in [2.45, 2.75) is 13.1 Å². The molecule has 0 saturated heterocycles. The van der Waals surface area contributed by atoms with E-state index in [2.05, 4.69) is 20.6 Å². The maximum atomic E-state index is 13.7. The smallest absolute Gasteiger partial charge is 0.322 e. The number of hydrogen-bond donors (Lipinski definition) is 2. The monoisotopic (exact) mass is 409 g/mol. The molecule has 30 heavy (non-hydrogen) atoms. The molecular weight excluding hydrogens is 393 g/mol. The Kier molecular flexibility index (Phi) is 4.92. The van der Waals surface area contributed by atoms with E-state index >= 15 is 0 Å². The predicted octanol–water partition coefficient (Wildman–Crippen LogP) is 2.63. The number of nitroso groups, excluding NO2 is 1. The third kappa shape index (κ3) is 3.60. The van der Waals surface area contributed by atoms with Crippen LogP contribution in [-0.4, -0.2) is 38.1 Å². The summed E-state index contributed by atoms with van der Waals surface area (Å²) in [6.07, 6.45) is 1.32. The molecule has 0 bridgehead atoms. The molecule has 152 valence electrons. The van der Waals surface area contributed by atoms with Gasteiger partial charge < -0.3 is 16.0 Å². The van der Waals surface area contributed by atoms with Gasteiger partial charge in [0.1, 0.15) is 11.5 Å². The molecule has 0 atom stereocenters. The second kappa shape index (κ2) is 7.70. The van der Waals surface area contributed by atoms with Gasteiger partial charge in [-0.1, -0.05) is 12.1 Å². The highest BCUT2D eigenvalue weighted by Crippen LogP contribution is 2.29. The Bertz CT molecular complexity index is 1140. The lowest BCUT2D eigenvalue weighted by atomic mass is 10.0. The van der Waals surface area contributed by atoms with Crippen LogP contribution in [0, 0.1) is 10.7 Å². The Morgan fingerprint density at radius 1 is 1.20 bits per heavy atom. The van der Waals surface area contributed by atoms with Gasteiger partial charge in [0, 0.05) is 12.1 Å². The van der Waals surface area contributed by atoms with Crippen molar-refractivity contribution in [1.82, 2.24) is 19.7 Å². The van der Waals surface area contributed by atoms with Gasteiger partial charge in [-0.2, -0.15) is 5.10 Å². The number of nitrogens with zero attached hydrogens (tertiary/aromatic N) is 5. The fourth-order valence-corrected chi connectivity index (χ4v) is 3.30. The quantitative estimate of drug-likeness (QED) is 0.639. The van der Waals surface area contributed by atoms with E-state index in [0.717, 1.165) is 0 Å². The second-order valence-electron chi connectivity index (χ2n) is 6.62. The van der Waals surface area contributed by atoms with Gasteiger partial charge in [0.05, 0.1) is 36.2 Å². The van der Waals surface area contributed by atoms with Gasteiger partial charge in [-0.3, -0.25) is 9.48 Å². The van der Waals surface area contributed by atoms with Crippen LogP contribution in [0.4, 0.5) is 20.7 Å². The molecule has 3 heterocycles. The first-order valence-corrected chi connectivity index (χ1v) is 8.97. The van der Waals surface area contributed by atoms with E-state index < -0.39 is 17.8 Å². The number of rotatable bonds is 4. The fourth-order valence-electron chi connectivity index (χ4n) is 3.30. The summed E-state index contributed by atoms with van der Waals surface area (Å²) in [5.41, 5.74) is 7.31. The number of urea groups is 1. The number of amides is 3. The summed E-state index contributed by atoms with van der Waals surface area (Å²) >= 11 is 0. The largest absolute Gasteiger partial charge is 0.365 e. The maximum absolute atomic E-state index is 13.7. The molecule has 3 amide bonds. The van der Waals surface area contributed by atoms with Crippen LogP contribution >= 0.6 is 0 Å². The number of halogens is 1. The second-order valence-corrected chi connectivity index (χ2v) is 6.62. The number of benzene rings is 1. The first-order chi connectivity index (χ1) is 14.5. The lowest BCUT2D eigenvalue weighted by molar-refractivity contribution is 0.0997. The Morgan fingerprint density at radius 2 is 2.03 bits per heavy atom. The van der Waals surface area contributed by atoms with E-state index in [4.69, 9.17) is 5.73 Å². The summed E-state index contributed by atoms with van der Waals surface area (Å²) < 4.78 is 15.3. The standard InChI is InChI=1S/C19H16FN7O3/c20-12-3-1-2-11(8-12)17-16(18(21)28)14-10-26(6-7-27(14)24-17)19(29)23-13-4-5-15(25-30)22-9-13/h1-5,8-9H,6-7,10H2,(H2,21,28)(H,23,29). The lowest BCUT2D eigenvalue weighted by Gasteiger charge is -2.28. The molecule has 1 aliphatic rings. The molecule has 11 heteroatoms. The highest BCUT2D eigenvalue weighted by Gasteiger charge is 2.29. The fraction of sp³-hybridized carbons (Fsp3) is 0.158. The van der Waals surface area contributed by atoms with Gasteiger partial charge >= 0.3 is 6.03 Å². The highest BCUT2D eigenvalue weighted by molar-refractivity contribution is 6.00.